The van der Waals surface area contributed by atoms with Crippen molar-refractivity contribution in [2.24, 2.45) is 4.99 Å². The molecule has 6 nitrogen and oxygen atoms in total. The highest BCUT2D eigenvalue weighted by Gasteiger charge is 2.33. The number of hydrogen-bond donors (Lipinski definition) is 0. The third-order valence-corrected chi connectivity index (χ3v) is 6.26. The largest absolute Gasteiger partial charge is 0.472 e. The Hall–Kier alpha value is -3.19. The fourth-order valence-electron chi connectivity index (χ4n) is 3.68. The zero-order chi connectivity index (χ0) is 22.1. The van der Waals surface area contributed by atoms with Crippen molar-refractivity contribution in [3.05, 3.63) is 90.5 Å². The molecule has 3 aromatic rings. The van der Waals surface area contributed by atoms with Gasteiger partial charge in [0.05, 0.1) is 41.0 Å². The van der Waals surface area contributed by atoms with Crippen LogP contribution in [0.3, 0.4) is 0 Å². The van der Waals surface area contributed by atoms with Gasteiger partial charge >= 0.3 is 5.97 Å². The predicted octanol–water partition coefficient (Wildman–Crippen LogP) is 3.51. The van der Waals surface area contributed by atoms with Gasteiger partial charge in [0.1, 0.15) is 0 Å². The zero-order valence-electron chi connectivity index (χ0n) is 17.9. The first-order valence-corrected chi connectivity index (χ1v) is 11.0. The van der Waals surface area contributed by atoms with E-state index in [0.29, 0.717) is 26.5 Å². The highest BCUT2D eigenvalue weighted by Crippen LogP contribution is 2.31. The topological polar surface area (TPSA) is 73.8 Å². The fraction of sp³-hybridized carbons (Fsp3) is 0.292. The Labute approximate surface area is 183 Å². The molecule has 0 saturated carbocycles. The molecule has 0 saturated heterocycles. The lowest BCUT2D eigenvalue weighted by atomic mass is 9.93. The molecule has 1 aliphatic rings. The molecule has 160 valence electrons. The molecular formula is C24H24N2O4S. The van der Waals surface area contributed by atoms with Crippen molar-refractivity contribution in [1.82, 2.24) is 4.57 Å². The van der Waals surface area contributed by atoms with Crippen LogP contribution in [0, 0.1) is 0 Å². The first-order chi connectivity index (χ1) is 14.9. The number of rotatable bonds is 5. The average Bonchev–Trinajstić information content (AvgIpc) is 3.35. The van der Waals surface area contributed by atoms with Gasteiger partial charge in [0.2, 0.25) is 0 Å². The molecule has 1 atom stereocenters. The molecule has 0 fully saturated rings. The van der Waals surface area contributed by atoms with Crippen LogP contribution >= 0.6 is 11.3 Å². The number of allylic oxidation sites excluding steroid dienone is 1. The maximum absolute atomic E-state index is 13.4. The predicted molar refractivity (Wildman–Crippen MR) is 120 cm³/mol. The van der Waals surface area contributed by atoms with E-state index in [0.717, 1.165) is 11.1 Å². The molecule has 2 aromatic heterocycles. The van der Waals surface area contributed by atoms with Crippen LogP contribution in [-0.2, 0) is 9.53 Å². The monoisotopic (exact) mass is 436 g/mol. The van der Waals surface area contributed by atoms with Gasteiger partial charge in [-0.05, 0) is 43.0 Å². The van der Waals surface area contributed by atoms with Crippen molar-refractivity contribution in [3.63, 3.8) is 0 Å². The number of carbonyl (C=O) groups excluding carboxylic acids is 1. The van der Waals surface area contributed by atoms with Crippen LogP contribution in [0.5, 0.6) is 0 Å². The van der Waals surface area contributed by atoms with Gasteiger partial charge in [0, 0.05) is 5.56 Å². The van der Waals surface area contributed by atoms with Gasteiger partial charge in [-0.2, -0.15) is 0 Å². The summed E-state index contributed by atoms with van der Waals surface area (Å²) in [6, 6.07) is 9.23. The minimum Gasteiger partial charge on any atom is -0.472 e. The first-order valence-electron chi connectivity index (χ1n) is 10.2. The average molecular weight is 437 g/mol. The molecule has 0 radical (unpaired) electrons. The van der Waals surface area contributed by atoms with Crippen LogP contribution in [0.4, 0.5) is 0 Å². The van der Waals surface area contributed by atoms with Gasteiger partial charge in [0.25, 0.3) is 5.56 Å². The van der Waals surface area contributed by atoms with E-state index in [1.165, 1.54) is 16.9 Å². The number of furan rings is 1. The number of benzene rings is 1. The standard InChI is InChI=1S/C24H24N2O4S/c1-5-30-23(28)20-15(4)25-24-26(21(20)18-8-6-17(7-9-18)14(2)3)22(27)19(31-24)12-16-10-11-29-13-16/h6-14,21H,5H2,1-4H3/b19-12+/t21-/m0/s1. The highest BCUT2D eigenvalue weighted by molar-refractivity contribution is 7.07. The van der Waals surface area contributed by atoms with Crippen molar-refractivity contribution in [2.75, 3.05) is 6.61 Å². The molecule has 1 aromatic carbocycles. The molecular weight excluding hydrogens is 412 g/mol. The fourth-order valence-corrected chi connectivity index (χ4v) is 4.73. The molecule has 1 aliphatic heterocycles. The molecule has 31 heavy (non-hydrogen) atoms. The van der Waals surface area contributed by atoms with E-state index in [9.17, 15) is 9.59 Å². The molecule has 0 N–H and O–H groups in total. The summed E-state index contributed by atoms with van der Waals surface area (Å²) in [6.45, 7) is 8.05. The molecule has 3 heterocycles. The molecule has 0 unspecified atom stereocenters. The second kappa shape index (κ2) is 8.51. The van der Waals surface area contributed by atoms with Crippen molar-refractivity contribution in [1.29, 1.82) is 0 Å². The van der Waals surface area contributed by atoms with E-state index in [1.54, 1.807) is 43.1 Å². The van der Waals surface area contributed by atoms with E-state index >= 15 is 0 Å². The minimum atomic E-state index is -0.594. The normalized spacial score (nSPS) is 16.4. The Morgan fingerprint density at radius 3 is 2.65 bits per heavy atom. The van der Waals surface area contributed by atoms with E-state index < -0.39 is 12.0 Å². The van der Waals surface area contributed by atoms with Gasteiger partial charge in [-0.15, -0.1) is 0 Å². The van der Waals surface area contributed by atoms with Crippen LogP contribution in [0.25, 0.3) is 6.08 Å². The maximum Gasteiger partial charge on any atom is 0.338 e. The van der Waals surface area contributed by atoms with Crippen molar-refractivity contribution in [2.45, 2.75) is 39.7 Å². The summed E-state index contributed by atoms with van der Waals surface area (Å²) in [7, 11) is 0. The second-order valence-corrected chi connectivity index (χ2v) is 8.69. The molecule has 0 aliphatic carbocycles. The van der Waals surface area contributed by atoms with E-state index in [4.69, 9.17) is 9.15 Å². The number of esters is 1. The third kappa shape index (κ3) is 3.93. The van der Waals surface area contributed by atoms with Crippen LogP contribution in [-0.4, -0.2) is 17.1 Å². The van der Waals surface area contributed by atoms with Gasteiger partial charge in [-0.25, -0.2) is 9.79 Å². The Balaban J connectivity index is 1.94. The summed E-state index contributed by atoms with van der Waals surface area (Å²) in [5.74, 6) is -0.0707. The number of fused-ring (bicyclic) bond motifs is 1. The van der Waals surface area contributed by atoms with Crippen molar-refractivity contribution < 1.29 is 13.9 Å². The van der Waals surface area contributed by atoms with Crippen LogP contribution < -0.4 is 14.9 Å². The first kappa shape index (κ1) is 21.1. The molecule has 4 rings (SSSR count). The third-order valence-electron chi connectivity index (χ3n) is 5.28. The molecule has 0 spiro atoms. The summed E-state index contributed by atoms with van der Waals surface area (Å²) in [5.41, 5.74) is 3.59. The summed E-state index contributed by atoms with van der Waals surface area (Å²) in [6.07, 6.45) is 4.91. The highest BCUT2D eigenvalue weighted by atomic mass is 32.1. The smallest absolute Gasteiger partial charge is 0.338 e. The SMILES string of the molecule is CCOC(=O)C1=C(C)N=c2s/c(=C/c3ccoc3)c(=O)n2[C@H]1c1ccc(C(C)C)cc1. The lowest BCUT2D eigenvalue weighted by Gasteiger charge is -2.25. The summed E-state index contributed by atoms with van der Waals surface area (Å²) < 4.78 is 12.6. The lowest BCUT2D eigenvalue weighted by Crippen LogP contribution is -2.39. The van der Waals surface area contributed by atoms with Crippen molar-refractivity contribution in [3.8, 4) is 0 Å². The molecule has 7 heteroatoms. The minimum absolute atomic E-state index is 0.197. The van der Waals surface area contributed by atoms with Gasteiger partial charge in [-0.1, -0.05) is 49.4 Å². The zero-order valence-corrected chi connectivity index (χ0v) is 18.7. The Bertz CT molecular complexity index is 1310. The maximum atomic E-state index is 13.4. The van der Waals surface area contributed by atoms with Crippen molar-refractivity contribution >= 4 is 23.4 Å². The lowest BCUT2D eigenvalue weighted by molar-refractivity contribution is -0.139. The number of thiazole rings is 1. The number of carbonyl (C=O) groups is 1. The van der Waals surface area contributed by atoms with E-state index in [-0.39, 0.29) is 12.2 Å². The summed E-state index contributed by atoms with van der Waals surface area (Å²) in [4.78, 5) is 31.4. The molecule has 0 amide bonds. The number of hydrogen-bond acceptors (Lipinski definition) is 6. The van der Waals surface area contributed by atoms with E-state index in [2.05, 4.69) is 18.8 Å². The van der Waals surface area contributed by atoms with Crippen LogP contribution in [0.1, 0.15) is 56.3 Å². The van der Waals surface area contributed by atoms with Gasteiger partial charge < -0.3 is 9.15 Å². The van der Waals surface area contributed by atoms with Crippen LogP contribution in [0.2, 0.25) is 0 Å². The van der Waals surface area contributed by atoms with E-state index in [1.807, 2.05) is 24.3 Å². The molecule has 0 bridgehead atoms. The summed E-state index contributed by atoms with van der Waals surface area (Å²) >= 11 is 1.30. The number of aromatic nitrogens is 1. The Morgan fingerprint density at radius 2 is 2.03 bits per heavy atom. The summed E-state index contributed by atoms with van der Waals surface area (Å²) in [5, 5.41) is 0. The Morgan fingerprint density at radius 1 is 1.29 bits per heavy atom. The Kier molecular flexibility index (Phi) is 5.78. The number of nitrogens with zero attached hydrogens (tertiary/aromatic N) is 2. The number of ether oxygens (including phenoxy) is 1. The van der Waals surface area contributed by atoms with Gasteiger partial charge in [-0.3, -0.25) is 9.36 Å². The second-order valence-electron chi connectivity index (χ2n) is 7.68. The van der Waals surface area contributed by atoms with Gasteiger partial charge in [0.15, 0.2) is 4.80 Å². The van der Waals surface area contributed by atoms with Crippen LogP contribution in [0.15, 0.2) is 68.3 Å². The quantitative estimate of drug-likeness (QED) is 0.574.